The average Bonchev–Trinajstić information content (AvgIpc) is 2.31. The van der Waals surface area contributed by atoms with E-state index >= 15 is 0 Å². The van der Waals surface area contributed by atoms with Gasteiger partial charge in [-0.1, -0.05) is 17.7 Å². The SMILES string of the molecule is CC1(C)CN(Cc2ccc(N)cc2Cl)CC(CO)O1. The van der Waals surface area contributed by atoms with E-state index in [1.165, 1.54) is 0 Å². The predicted octanol–water partition coefficient (Wildman–Crippen LogP) is 1.89. The van der Waals surface area contributed by atoms with Crippen molar-refractivity contribution >= 4 is 17.3 Å². The summed E-state index contributed by atoms with van der Waals surface area (Å²) in [6.07, 6.45) is -0.142. The number of nitrogens with zero attached hydrogens (tertiary/aromatic N) is 1. The van der Waals surface area contributed by atoms with Crippen LogP contribution in [0.15, 0.2) is 18.2 Å². The van der Waals surface area contributed by atoms with Gasteiger partial charge in [0.05, 0.1) is 18.3 Å². The minimum absolute atomic E-state index is 0.0371. The van der Waals surface area contributed by atoms with Crippen molar-refractivity contribution in [2.75, 3.05) is 25.4 Å². The molecule has 1 saturated heterocycles. The quantitative estimate of drug-likeness (QED) is 0.833. The first-order valence-corrected chi connectivity index (χ1v) is 6.82. The second-order valence-corrected chi connectivity index (χ2v) is 6.11. The van der Waals surface area contributed by atoms with Gasteiger partial charge in [-0.25, -0.2) is 0 Å². The van der Waals surface area contributed by atoms with Gasteiger partial charge < -0.3 is 15.6 Å². The summed E-state index contributed by atoms with van der Waals surface area (Å²) in [5.41, 5.74) is 7.16. The molecule has 3 N–H and O–H groups in total. The maximum Gasteiger partial charge on any atom is 0.0940 e. The van der Waals surface area contributed by atoms with Crippen molar-refractivity contribution in [3.63, 3.8) is 0 Å². The maximum absolute atomic E-state index is 9.30. The number of nitrogens with two attached hydrogens (primary N) is 1. The van der Waals surface area contributed by atoms with Gasteiger partial charge in [-0.15, -0.1) is 0 Å². The van der Waals surface area contributed by atoms with E-state index in [1.807, 2.05) is 26.0 Å². The van der Waals surface area contributed by atoms with E-state index in [1.54, 1.807) is 6.07 Å². The molecule has 1 unspecified atom stereocenters. The molecule has 0 saturated carbocycles. The van der Waals surface area contributed by atoms with E-state index in [2.05, 4.69) is 4.90 Å². The molecule has 1 fully saturated rings. The second-order valence-electron chi connectivity index (χ2n) is 5.70. The molecular weight excluding hydrogens is 264 g/mol. The van der Waals surface area contributed by atoms with Crippen LogP contribution in [0.25, 0.3) is 0 Å². The maximum atomic E-state index is 9.30. The van der Waals surface area contributed by atoms with Crippen molar-refractivity contribution in [1.82, 2.24) is 4.90 Å². The van der Waals surface area contributed by atoms with E-state index in [0.29, 0.717) is 17.3 Å². The van der Waals surface area contributed by atoms with E-state index in [9.17, 15) is 5.11 Å². The summed E-state index contributed by atoms with van der Waals surface area (Å²) in [6.45, 7) is 6.36. The Hall–Kier alpha value is -0.810. The molecule has 1 aliphatic rings. The monoisotopic (exact) mass is 284 g/mol. The third-order valence-electron chi connectivity index (χ3n) is 3.23. The number of ether oxygens (including phenoxy) is 1. The molecule has 2 rings (SSSR count). The molecule has 4 nitrogen and oxygen atoms in total. The lowest BCUT2D eigenvalue weighted by molar-refractivity contribution is -0.150. The number of rotatable bonds is 3. The Morgan fingerprint density at radius 3 is 2.89 bits per heavy atom. The standard InChI is InChI=1S/C14H21ClN2O2/c1-14(2)9-17(7-12(8-18)19-14)6-10-3-4-11(16)5-13(10)15/h3-5,12,18H,6-9,16H2,1-2H3. The Kier molecular flexibility index (Phi) is 4.36. The number of benzene rings is 1. The van der Waals surface area contributed by atoms with Gasteiger partial charge in [-0.3, -0.25) is 4.90 Å². The number of hydrogen-bond donors (Lipinski definition) is 2. The summed E-state index contributed by atoms with van der Waals surface area (Å²) in [4.78, 5) is 2.25. The van der Waals surface area contributed by atoms with Gasteiger partial charge in [0.1, 0.15) is 0 Å². The Bertz CT molecular complexity index is 451. The number of aliphatic hydroxyl groups excluding tert-OH is 1. The number of morpholine rings is 1. The fraction of sp³-hybridized carbons (Fsp3) is 0.571. The minimum Gasteiger partial charge on any atom is -0.399 e. The van der Waals surface area contributed by atoms with Crippen molar-refractivity contribution in [3.05, 3.63) is 28.8 Å². The number of anilines is 1. The average molecular weight is 285 g/mol. The van der Waals surface area contributed by atoms with Crippen molar-refractivity contribution in [2.45, 2.75) is 32.1 Å². The predicted molar refractivity (Wildman–Crippen MR) is 77.2 cm³/mol. The number of hydrogen-bond acceptors (Lipinski definition) is 4. The molecular formula is C14H21ClN2O2. The number of halogens is 1. The fourth-order valence-electron chi connectivity index (χ4n) is 2.56. The first kappa shape index (κ1) is 14.6. The van der Waals surface area contributed by atoms with Crippen molar-refractivity contribution in [3.8, 4) is 0 Å². The Morgan fingerprint density at radius 2 is 2.26 bits per heavy atom. The lowest BCUT2D eigenvalue weighted by Crippen LogP contribution is -2.53. The van der Waals surface area contributed by atoms with Crippen LogP contribution < -0.4 is 5.73 Å². The summed E-state index contributed by atoms with van der Waals surface area (Å²) < 4.78 is 5.80. The van der Waals surface area contributed by atoms with Crippen molar-refractivity contribution < 1.29 is 9.84 Å². The number of aliphatic hydroxyl groups is 1. The molecule has 1 aromatic carbocycles. The lowest BCUT2D eigenvalue weighted by atomic mass is 10.0. The van der Waals surface area contributed by atoms with E-state index in [4.69, 9.17) is 22.1 Å². The molecule has 0 bridgehead atoms. The Labute approximate surface area is 119 Å². The summed E-state index contributed by atoms with van der Waals surface area (Å²) >= 11 is 6.20. The second kappa shape index (κ2) is 5.67. The third-order valence-corrected chi connectivity index (χ3v) is 3.58. The topological polar surface area (TPSA) is 58.7 Å². The molecule has 1 aromatic rings. The van der Waals surface area contributed by atoms with Gasteiger partial charge in [0.15, 0.2) is 0 Å². The van der Waals surface area contributed by atoms with Crippen LogP contribution in [0.5, 0.6) is 0 Å². The molecule has 0 amide bonds. The zero-order chi connectivity index (χ0) is 14.0. The summed E-state index contributed by atoms with van der Waals surface area (Å²) in [7, 11) is 0. The van der Waals surface area contributed by atoms with Crippen LogP contribution in [-0.4, -0.2) is 41.4 Å². The van der Waals surface area contributed by atoms with Crippen LogP contribution in [0.4, 0.5) is 5.69 Å². The zero-order valence-corrected chi connectivity index (χ0v) is 12.2. The van der Waals surface area contributed by atoms with Crippen LogP contribution >= 0.6 is 11.6 Å². The highest BCUT2D eigenvalue weighted by Crippen LogP contribution is 2.25. The molecule has 0 spiro atoms. The van der Waals surface area contributed by atoms with Gasteiger partial charge in [0, 0.05) is 30.3 Å². The smallest absolute Gasteiger partial charge is 0.0940 e. The van der Waals surface area contributed by atoms with Gasteiger partial charge in [0.2, 0.25) is 0 Å². The minimum atomic E-state index is -0.258. The van der Waals surface area contributed by atoms with Crippen molar-refractivity contribution in [1.29, 1.82) is 0 Å². The van der Waals surface area contributed by atoms with Gasteiger partial charge in [-0.2, -0.15) is 0 Å². The van der Waals surface area contributed by atoms with Crippen LogP contribution in [0.1, 0.15) is 19.4 Å². The summed E-state index contributed by atoms with van der Waals surface area (Å²) in [6, 6.07) is 5.58. The molecule has 1 atom stereocenters. The molecule has 1 aliphatic heterocycles. The van der Waals surface area contributed by atoms with Crippen LogP contribution in [0, 0.1) is 0 Å². The number of nitrogen functional groups attached to an aromatic ring is 1. The van der Waals surface area contributed by atoms with Crippen LogP contribution in [0.3, 0.4) is 0 Å². The molecule has 1 heterocycles. The van der Waals surface area contributed by atoms with Gasteiger partial charge in [-0.05, 0) is 31.5 Å². The highest BCUT2D eigenvalue weighted by Gasteiger charge is 2.33. The summed E-state index contributed by atoms with van der Waals surface area (Å²) in [5, 5.41) is 9.99. The molecule has 0 radical (unpaired) electrons. The van der Waals surface area contributed by atoms with E-state index in [0.717, 1.165) is 18.7 Å². The highest BCUT2D eigenvalue weighted by atomic mass is 35.5. The normalized spacial score (nSPS) is 23.5. The molecule has 0 aliphatic carbocycles. The molecule has 5 heteroatoms. The van der Waals surface area contributed by atoms with Crippen LogP contribution in [0.2, 0.25) is 5.02 Å². The largest absolute Gasteiger partial charge is 0.399 e. The first-order valence-electron chi connectivity index (χ1n) is 6.44. The summed E-state index contributed by atoms with van der Waals surface area (Å²) in [5.74, 6) is 0. The van der Waals surface area contributed by atoms with Gasteiger partial charge >= 0.3 is 0 Å². The van der Waals surface area contributed by atoms with Gasteiger partial charge in [0.25, 0.3) is 0 Å². The van der Waals surface area contributed by atoms with E-state index in [-0.39, 0.29) is 18.3 Å². The fourth-order valence-corrected chi connectivity index (χ4v) is 2.81. The molecule has 106 valence electrons. The molecule has 0 aromatic heterocycles. The van der Waals surface area contributed by atoms with Crippen molar-refractivity contribution in [2.24, 2.45) is 0 Å². The third kappa shape index (κ3) is 3.83. The van der Waals surface area contributed by atoms with Crippen LogP contribution in [-0.2, 0) is 11.3 Å². The Morgan fingerprint density at radius 1 is 1.53 bits per heavy atom. The first-order chi connectivity index (χ1) is 8.89. The van der Waals surface area contributed by atoms with E-state index < -0.39 is 0 Å². The highest BCUT2D eigenvalue weighted by molar-refractivity contribution is 6.31. The lowest BCUT2D eigenvalue weighted by Gasteiger charge is -2.42. The zero-order valence-electron chi connectivity index (χ0n) is 11.4. The molecule has 19 heavy (non-hydrogen) atoms. The Balaban J connectivity index is 2.09.